The third kappa shape index (κ3) is 20.8. The van der Waals surface area contributed by atoms with E-state index >= 15 is 0 Å². The molecule has 170 valence electrons. The molecule has 2 N–H and O–H groups in total. The van der Waals surface area contributed by atoms with Crippen LogP contribution in [-0.2, 0) is 18.9 Å². The van der Waals surface area contributed by atoms with Crippen LogP contribution in [0.1, 0.15) is 104 Å². The van der Waals surface area contributed by atoms with Crippen LogP contribution in [0.3, 0.4) is 0 Å². The summed E-state index contributed by atoms with van der Waals surface area (Å²) in [7, 11) is -7.73. The number of phosphoric ester groups is 1. The molecule has 0 aromatic rings. The molecular weight excluding hydrogens is 399 g/mol. The Morgan fingerprint density at radius 3 is 1.57 bits per heavy atom. The van der Waals surface area contributed by atoms with Gasteiger partial charge in [-0.25, -0.2) is 13.0 Å². The second-order valence-corrected chi connectivity index (χ2v) is 11.6. The van der Waals surface area contributed by atoms with E-state index < -0.39 is 23.6 Å². The maximum Gasteiger partial charge on any atom is 0.469 e. The number of hydrogen-bond donors (Lipinski definition) is 2. The maximum absolute atomic E-state index is 12.0. The molecule has 0 aliphatic heterocycles. The Kier molecular flexibility index (Phi) is 16.9. The van der Waals surface area contributed by atoms with Gasteiger partial charge >= 0.3 is 7.82 Å². The van der Waals surface area contributed by atoms with Crippen LogP contribution in [0.2, 0.25) is 0 Å². The van der Waals surface area contributed by atoms with Crippen LogP contribution in [0.15, 0.2) is 0 Å². The Bertz CT molecular complexity index is 503. The summed E-state index contributed by atoms with van der Waals surface area (Å²) in [6.45, 7) is 3.62. The lowest BCUT2D eigenvalue weighted by Gasteiger charge is -2.13. The molecule has 1 unspecified atom stereocenters. The fourth-order valence-corrected chi connectivity index (χ4v) is 5.53. The molecule has 0 heterocycles. The summed E-state index contributed by atoms with van der Waals surface area (Å²) < 4.78 is 39.1. The highest BCUT2D eigenvalue weighted by atomic mass is 32.2. The van der Waals surface area contributed by atoms with E-state index in [1.54, 1.807) is 6.92 Å². The first-order chi connectivity index (χ1) is 13.2. The van der Waals surface area contributed by atoms with E-state index in [2.05, 4.69) is 11.4 Å². The average Bonchev–Trinajstić information content (AvgIpc) is 2.59. The molecule has 0 spiro atoms. The van der Waals surface area contributed by atoms with Gasteiger partial charge in [0, 0.05) is 0 Å². The molecule has 0 aliphatic carbocycles. The van der Waals surface area contributed by atoms with Crippen LogP contribution in [-0.4, -0.2) is 36.3 Å². The molecule has 0 aromatic heterocycles. The van der Waals surface area contributed by atoms with Crippen molar-refractivity contribution < 1.29 is 27.3 Å². The van der Waals surface area contributed by atoms with Crippen LogP contribution < -0.4 is 0 Å². The van der Waals surface area contributed by atoms with Crippen molar-refractivity contribution in [3.05, 3.63) is 0 Å². The summed E-state index contributed by atoms with van der Waals surface area (Å²) in [4.78, 5) is 17.3. The fraction of sp³-hybridized carbons (Fsp3) is 1.00. The van der Waals surface area contributed by atoms with Crippen LogP contribution in [0.25, 0.3) is 0 Å². The molecule has 1 atom stereocenters. The SMILES string of the molecule is CCCCCCCCCCCCCCCCS(=O)(=O)CC(C)COP(=O)(O)O. The smallest absolute Gasteiger partial charge is 0.303 e. The molecule has 0 saturated heterocycles. The van der Waals surface area contributed by atoms with Crippen LogP contribution in [0.5, 0.6) is 0 Å². The Hall–Kier alpha value is 0.0600. The molecule has 0 bridgehead atoms. The highest BCUT2D eigenvalue weighted by molar-refractivity contribution is 7.91. The molecule has 0 aromatic carbocycles. The molecule has 0 radical (unpaired) electrons. The molecule has 0 fully saturated rings. The van der Waals surface area contributed by atoms with Gasteiger partial charge in [-0.15, -0.1) is 0 Å². The zero-order valence-electron chi connectivity index (χ0n) is 18.0. The van der Waals surface area contributed by atoms with Gasteiger partial charge < -0.3 is 9.79 Å². The predicted molar refractivity (Wildman–Crippen MR) is 116 cm³/mol. The zero-order valence-corrected chi connectivity index (χ0v) is 19.7. The van der Waals surface area contributed by atoms with Gasteiger partial charge in [0.05, 0.1) is 18.1 Å². The van der Waals surface area contributed by atoms with E-state index in [0.29, 0.717) is 6.42 Å². The van der Waals surface area contributed by atoms with Crippen LogP contribution in [0.4, 0.5) is 0 Å². The topological polar surface area (TPSA) is 101 Å². The van der Waals surface area contributed by atoms with Crippen molar-refractivity contribution >= 4 is 17.7 Å². The van der Waals surface area contributed by atoms with Gasteiger partial charge in [0.2, 0.25) is 0 Å². The zero-order chi connectivity index (χ0) is 21.3. The van der Waals surface area contributed by atoms with Crippen molar-refractivity contribution in [3.63, 3.8) is 0 Å². The third-order valence-corrected chi connectivity index (χ3v) is 7.35. The molecule has 0 aliphatic rings. The van der Waals surface area contributed by atoms with E-state index in [1.165, 1.54) is 70.6 Å². The first kappa shape index (κ1) is 28.1. The van der Waals surface area contributed by atoms with Crippen LogP contribution in [0, 0.1) is 5.92 Å². The summed E-state index contributed by atoms with van der Waals surface area (Å²) in [5.74, 6) is -0.374. The van der Waals surface area contributed by atoms with Crippen molar-refractivity contribution in [2.75, 3.05) is 18.1 Å². The van der Waals surface area contributed by atoms with Crippen LogP contribution >= 0.6 is 7.82 Å². The quantitative estimate of drug-likeness (QED) is 0.187. The van der Waals surface area contributed by atoms with Gasteiger partial charge in [-0.1, -0.05) is 97.3 Å². The third-order valence-electron chi connectivity index (χ3n) is 4.87. The summed E-state index contributed by atoms with van der Waals surface area (Å²) >= 11 is 0. The first-order valence-corrected chi connectivity index (χ1v) is 14.4. The fourth-order valence-electron chi connectivity index (χ4n) is 3.31. The van der Waals surface area contributed by atoms with Crippen molar-refractivity contribution in [1.29, 1.82) is 0 Å². The first-order valence-electron chi connectivity index (χ1n) is 11.1. The van der Waals surface area contributed by atoms with Crippen molar-refractivity contribution in [2.24, 2.45) is 5.92 Å². The number of sulfone groups is 1. The Morgan fingerprint density at radius 2 is 1.18 bits per heavy atom. The van der Waals surface area contributed by atoms with E-state index in [9.17, 15) is 13.0 Å². The van der Waals surface area contributed by atoms with Gasteiger partial charge in [0.15, 0.2) is 9.84 Å². The Balaban J connectivity index is 3.50. The minimum atomic E-state index is -4.53. The molecule has 0 rings (SSSR count). The number of phosphoric acid groups is 1. The summed E-state index contributed by atoms with van der Waals surface area (Å²) in [6, 6.07) is 0. The Morgan fingerprint density at radius 1 is 0.786 bits per heavy atom. The van der Waals surface area contributed by atoms with Crippen molar-refractivity contribution in [2.45, 2.75) is 104 Å². The second-order valence-electron chi connectivity index (χ2n) is 8.10. The molecule has 6 nitrogen and oxygen atoms in total. The minimum absolute atomic E-state index is 0.0918. The number of hydrogen-bond acceptors (Lipinski definition) is 4. The molecule has 28 heavy (non-hydrogen) atoms. The lowest BCUT2D eigenvalue weighted by molar-refractivity contribution is 0.178. The second kappa shape index (κ2) is 16.8. The standard InChI is InChI=1S/C20H43O6PS/c1-3-4-5-6-7-8-9-10-11-12-13-14-15-16-17-28(24,25)19-20(2)18-26-27(21,22)23/h20H,3-19H2,1-2H3,(H2,21,22,23). The highest BCUT2D eigenvalue weighted by Gasteiger charge is 2.20. The predicted octanol–water partition coefficient (Wildman–Crippen LogP) is 5.63. The lowest BCUT2D eigenvalue weighted by atomic mass is 10.0. The summed E-state index contributed by atoms with van der Waals surface area (Å²) in [5, 5.41) is 0. The van der Waals surface area contributed by atoms with E-state index in [-0.39, 0.29) is 18.1 Å². The van der Waals surface area contributed by atoms with Gasteiger partial charge in [-0.3, -0.25) is 4.52 Å². The average molecular weight is 443 g/mol. The highest BCUT2D eigenvalue weighted by Crippen LogP contribution is 2.36. The molecular formula is C20H43O6PS. The van der Waals surface area contributed by atoms with Crippen molar-refractivity contribution in [1.82, 2.24) is 0 Å². The van der Waals surface area contributed by atoms with E-state index in [4.69, 9.17) is 9.79 Å². The summed E-state index contributed by atoms with van der Waals surface area (Å²) in [6.07, 6.45) is 17.2. The van der Waals surface area contributed by atoms with E-state index in [1.807, 2.05) is 0 Å². The van der Waals surface area contributed by atoms with Gasteiger partial charge in [0.25, 0.3) is 0 Å². The largest absolute Gasteiger partial charge is 0.469 e. The van der Waals surface area contributed by atoms with Gasteiger partial charge in [-0.2, -0.15) is 0 Å². The summed E-state index contributed by atoms with van der Waals surface area (Å²) in [5.41, 5.74) is 0. The maximum atomic E-state index is 12.0. The monoisotopic (exact) mass is 442 g/mol. The number of unbranched alkanes of at least 4 members (excludes halogenated alkanes) is 13. The normalized spacial score (nSPS) is 13.7. The minimum Gasteiger partial charge on any atom is -0.303 e. The van der Waals surface area contributed by atoms with Gasteiger partial charge in [-0.05, 0) is 12.3 Å². The molecule has 8 heteroatoms. The van der Waals surface area contributed by atoms with E-state index in [0.717, 1.165) is 12.8 Å². The number of rotatable bonds is 20. The lowest BCUT2D eigenvalue weighted by Crippen LogP contribution is -2.20. The Labute approximate surface area is 173 Å². The molecule has 0 saturated carbocycles. The van der Waals surface area contributed by atoms with Crippen molar-refractivity contribution in [3.8, 4) is 0 Å². The molecule has 0 amide bonds. The van der Waals surface area contributed by atoms with Gasteiger partial charge in [0.1, 0.15) is 0 Å².